The number of aromatic amines is 1. The van der Waals surface area contributed by atoms with Crippen molar-refractivity contribution in [1.82, 2.24) is 20.1 Å². The van der Waals surface area contributed by atoms with Crippen molar-refractivity contribution in [3.63, 3.8) is 0 Å². The molecule has 6 heteroatoms. The van der Waals surface area contributed by atoms with Crippen LogP contribution in [-0.2, 0) is 13.0 Å². The maximum Gasteiger partial charge on any atom is 0.280 e. The third-order valence-corrected chi connectivity index (χ3v) is 5.69. The highest BCUT2D eigenvalue weighted by molar-refractivity contribution is 6.06. The number of hydrogen-bond acceptors (Lipinski definition) is 3. The molecule has 0 spiro atoms. The summed E-state index contributed by atoms with van der Waals surface area (Å²) in [5.41, 5.74) is 4.72. The van der Waals surface area contributed by atoms with E-state index in [1.807, 2.05) is 54.6 Å². The highest BCUT2D eigenvalue weighted by Gasteiger charge is 2.14. The number of amides is 1. The lowest BCUT2D eigenvalue weighted by atomic mass is 10.1. The summed E-state index contributed by atoms with van der Waals surface area (Å²) in [6, 6.07) is 23.0. The molecule has 3 aromatic carbocycles. The van der Waals surface area contributed by atoms with Gasteiger partial charge >= 0.3 is 0 Å². The number of pyridine rings is 1. The van der Waals surface area contributed by atoms with Gasteiger partial charge in [0.15, 0.2) is 0 Å². The molecule has 1 amide bonds. The molecule has 5 aromatic rings. The second-order valence-corrected chi connectivity index (χ2v) is 7.72. The van der Waals surface area contributed by atoms with Crippen molar-refractivity contribution >= 4 is 27.7 Å². The minimum atomic E-state index is -0.176. The number of aryl methyl sites for hydroxylation is 1. The Morgan fingerprint density at radius 1 is 0.969 bits per heavy atom. The summed E-state index contributed by atoms with van der Waals surface area (Å²) in [7, 11) is 0. The fourth-order valence-electron chi connectivity index (χ4n) is 3.84. The summed E-state index contributed by atoms with van der Waals surface area (Å²) in [5, 5.41) is 7.38. The first kappa shape index (κ1) is 19.8. The summed E-state index contributed by atoms with van der Waals surface area (Å²) < 4.78 is 1.52. The van der Waals surface area contributed by atoms with Gasteiger partial charge in [0.25, 0.3) is 11.5 Å². The van der Waals surface area contributed by atoms with Gasteiger partial charge in [0, 0.05) is 23.7 Å². The second-order valence-electron chi connectivity index (χ2n) is 7.72. The first-order valence-electron chi connectivity index (χ1n) is 10.6. The van der Waals surface area contributed by atoms with Crippen molar-refractivity contribution in [2.24, 2.45) is 0 Å². The standard InChI is InChI=1S/C26H22N4O2/c1-2-17-8-11-20(12-9-17)30-26(32)22-16-27-23-13-10-19(14-21(23)24(22)29-30)25(31)28-15-18-6-4-3-5-7-18/h3-14,16,29H,2,15H2,1H3,(H,28,31). The molecular weight excluding hydrogens is 400 g/mol. The molecule has 0 atom stereocenters. The molecule has 2 N–H and O–H groups in total. The zero-order valence-corrected chi connectivity index (χ0v) is 17.6. The van der Waals surface area contributed by atoms with Crippen LogP contribution in [0.4, 0.5) is 0 Å². The van der Waals surface area contributed by atoms with Gasteiger partial charge in [0.2, 0.25) is 0 Å². The molecule has 5 rings (SSSR count). The maximum atomic E-state index is 13.0. The number of aromatic nitrogens is 3. The Bertz CT molecular complexity index is 1480. The van der Waals surface area contributed by atoms with E-state index in [1.54, 1.807) is 24.4 Å². The fourth-order valence-corrected chi connectivity index (χ4v) is 3.84. The monoisotopic (exact) mass is 422 g/mol. The SMILES string of the molecule is CCc1ccc(-n2[nH]c3c(cnc4ccc(C(=O)NCc5ccccc5)cc43)c2=O)cc1. The smallest absolute Gasteiger partial charge is 0.280 e. The van der Waals surface area contributed by atoms with Crippen LogP contribution < -0.4 is 10.9 Å². The molecule has 0 bridgehead atoms. The van der Waals surface area contributed by atoms with Crippen LogP contribution in [0.1, 0.15) is 28.4 Å². The zero-order chi connectivity index (χ0) is 22.1. The lowest BCUT2D eigenvalue weighted by Crippen LogP contribution is -2.22. The van der Waals surface area contributed by atoms with Crippen LogP contribution >= 0.6 is 0 Å². The Morgan fingerprint density at radius 3 is 2.50 bits per heavy atom. The molecule has 0 unspecified atom stereocenters. The summed E-state index contributed by atoms with van der Waals surface area (Å²) in [6.45, 7) is 2.54. The number of hydrogen-bond donors (Lipinski definition) is 2. The van der Waals surface area contributed by atoms with Gasteiger partial charge in [-0.2, -0.15) is 0 Å². The number of carbonyl (C=O) groups is 1. The van der Waals surface area contributed by atoms with E-state index < -0.39 is 0 Å². The van der Waals surface area contributed by atoms with E-state index in [0.717, 1.165) is 23.1 Å². The van der Waals surface area contributed by atoms with Gasteiger partial charge in [0.05, 0.1) is 22.1 Å². The molecule has 0 aliphatic rings. The number of rotatable bonds is 5. The van der Waals surface area contributed by atoms with Gasteiger partial charge < -0.3 is 5.32 Å². The van der Waals surface area contributed by atoms with Gasteiger partial charge in [-0.15, -0.1) is 0 Å². The number of carbonyl (C=O) groups excluding carboxylic acids is 1. The van der Waals surface area contributed by atoms with E-state index in [4.69, 9.17) is 0 Å². The minimum Gasteiger partial charge on any atom is -0.348 e. The molecule has 0 aliphatic heterocycles. The quantitative estimate of drug-likeness (QED) is 0.442. The largest absolute Gasteiger partial charge is 0.348 e. The van der Waals surface area contributed by atoms with E-state index in [-0.39, 0.29) is 11.5 Å². The van der Waals surface area contributed by atoms with Crippen LogP contribution in [0, 0.1) is 0 Å². The number of nitrogens with one attached hydrogen (secondary N) is 2. The van der Waals surface area contributed by atoms with Crippen LogP contribution in [0.15, 0.2) is 83.8 Å². The van der Waals surface area contributed by atoms with Crippen LogP contribution in [0.2, 0.25) is 0 Å². The zero-order valence-electron chi connectivity index (χ0n) is 17.6. The van der Waals surface area contributed by atoms with Gasteiger partial charge in [-0.25, -0.2) is 4.68 Å². The predicted octanol–water partition coefficient (Wildman–Crippen LogP) is 4.36. The third-order valence-electron chi connectivity index (χ3n) is 5.69. The van der Waals surface area contributed by atoms with Crippen molar-refractivity contribution in [2.45, 2.75) is 19.9 Å². The number of benzene rings is 3. The summed E-state index contributed by atoms with van der Waals surface area (Å²) in [5.74, 6) is -0.176. The summed E-state index contributed by atoms with van der Waals surface area (Å²) in [6.07, 6.45) is 2.52. The van der Waals surface area contributed by atoms with Crippen molar-refractivity contribution in [3.05, 3.63) is 106 Å². The first-order valence-corrected chi connectivity index (χ1v) is 10.6. The lowest BCUT2D eigenvalue weighted by molar-refractivity contribution is 0.0951. The average molecular weight is 422 g/mol. The molecule has 2 heterocycles. The van der Waals surface area contributed by atoms with Crippen LogP contribution in [-0.4, -0.2) is 20.7 Å². The first-order chi connectivity index (χ1) is 15.6. The van der Waals surface area contributed by atoms with E-state index in [2.05, 4.69) is 22.3 Å². The topological polar surface area (TPSA) is 79.8 Å². The minimum absolute atomic E-state index is 0.169. The third kappa shape index (κ3) is 3.56. The summed E-state index contributed by atoms with van der Waals surface area (Å²) >= 11 is 0. The molecule has 158 valence electrons. The fraction of sp³-hybridized carbons (Fsp3) is 0.115. The molecule has 6 nitrogen and oxygen atoms in total. The molecule has 32 heavy (non-hydrogen) atoms. The van der Waals surface area contributed by atoms with Crippen molar-refractivity contribution in [2.75, 3.05) is 0 Å². The van der Waals surface area contributed by atoms with Crippen LogP contribution in [0.5, 0.6) is 0 Å². The van der Waals surface area contributed by atoms with E-state index >= 15 is 0 Å². The van der Waals surface area contributed by atoms with Gasteiger partial charge in [-0.3, -0.25) is 19.7 Å². The van der Waals surface area contributed by atoms with Gasteiger partial charge in [0.1, 0.15) is 0 Å². The Morgan fingerprint density at radius 2 is 1.75 bits per heavy atom. The molecule has 0 saturated carbocycles. The van der Waals surface area contributed by atoms with E-state index in [9.17, 15) is 9.59 Å². The predicted molar refractivity (Wildman–Crippen MR) is 126 cm³/mol. The molecule has 0 fully saturated rings. The summed E-state index contributed by atoms with van der Waals surface area (Å²) in [4.78, 5) is 30.2. The lowest BCUT2D eigenvalue weighted by Gasteiger charge is -2.07. The van der Waals surface area contributed by atoms with Gasteiger partial charge in [-0.05, 0) is 47.9 Å². The van der Waals surface area contributed by atoms with Crippen molar-refractivity contribution < 1.29 is 4.79 Å². The van der Waals surface area contributed by atoms with Crippen LogP contribution in [0.3, 0.4) is 0 Å². The molecule has 0 saturated heterocycles. The highest BCUT2D eigenvalue weighted by atomic mass is 16.1. The molecule has 2 aromatic heterocycles. The van der Waals surface area contributed by atoms with Crippen molar-refractivity contribution in [3.8, 4) is 5.69 Å². The van der Waals surface area contributed by atoms with Crippen molar-refractivity contribution in [1.29, 1.82) is 0 Å². The normalized spacial score (nSPS) is 11.2. The Labute approximate surface area is 184 Å². The van der Waals surface area contributed by atoms with E-state index in [1.165, 1.54) is 10.2 Å². The second kappa shape index (κ2) is 8.15. The molecule has 0 aliphatic carbocycles. The highest BCUT2D eigenvalue weighted by Crippen LogP contribution is 2.22. The number of nitrogens with zero attached hydrogens (tertiary/aromatic N) is 2. The Kier molecular flexibility index (Phi) is 5.03. The number of H-pyrrole nitrogens is 1. The number of fused-ring (bicyclic) bond motifs is 3. The Hall–Kier alpha value is -4.19. The molecular formula is C26H22N4O2. The maximum absolute atomic E-state index is 13.0. The van der Waals surface area contributed by atoms with E-state index in [0.29, 0.717) is 28.5 Å². The molecule has 0 radical (unpaired) electrons. The van der Waals surface area contributed by atoms with Gasteiger partial charge in [-0.1, -0.05) is 49.4 Å². The Balaban J connectivity index is 1.53. The average Bonchev–Trinajstić information content (AvgIpc) is 3.19. The van der Waals surface area contributed by atoms with Crippen LogP contribution in [0.25, 0.3) is 27.5 Å².